The molecule has 1 atom stereocenters. The third-order valence-electron chi connectivity index (χ3n) is 3.61. The number of ether oxygens (including phenoxy) is 1. The molecule has 3 nitrogen and oxygen atoms in total. The van der Waals surface area contributed by atoms with Crippen LogP contribution in [-0.4, -0.2) is 12.1 Å². The van der Waals surface area contributed by atoms with Crippen LogP contribution in [0.15, 0.2) is 12.1 Å². The monoisotopic (exact) mass is 277 g/mol. The van der Waals surface area contributed by atoms with Gasteiger partial charge in [-0.1, -0.05) is 32.3 Å². The van der Waals surface area contributed by atoms with Crippen molar-refractivity contribution in [3.63, 3.8) is 0 Å². The van der Waals surface area contributed by atoms with Crippen LogP contribution in [0.2, 0.25) is 0 Å². The Morgan fingerprint density at radius 2 is 1.90 bits per heavy atom. The molecule has 0 aliphatic rings. The zero-order valence-electron chi connectivity index (χ0n) is 13.2. The van der Waals surface area contributed by atoms with Gasteiger partial charge in [0.2, 0.25) is 0 Å². The Morgan fingerprint density at radius 3 is 2.55 bits per heavy atom. The van der Waals surface area contributed by atoms with Crippen LogP contribution >= 0.6 is 0 Å². The van der Waals surface area contributed by atoms with Crippen molar-refractivity contribution < 1.29 is 9.53 Å². The van der Waals surface area contributed by atoms with Crippen LogP contribution in [0.3, 0.4) is 0 Å². The van der Waals surface area contributed by atoms with E-state index in [-0.39, 0.29) is 12.1 Å². The van der Waals surface area contributed by atoms with Crippen LogP contribution in [0.5, 0.6) is 0 Å². The van der Waals surface area contributed by atoms with Crippen molar-refractivity contribution in [2.75, 3.05) is 5.73 Å². The molecular weight excluding hydrogens is 250 g/mol. The fourth-order valence-corrected chi connectivity index (χ4v) is 2.25. The minimum Gasteiger partial charge on any atom is -0.459 e. The Labute approximate surface area is 122 Å². The first-order chi connectivity index (χ1) is 9.45. The Morgan fingerprint density at radius 1 is 1.20 bits per heavy atom. The van der Waals surface area contributed by atoms with E-state index < -0.39 is 0 Å². The molecule has 0 saturated heterocycles. The topological polar surface area (TPSA) is 52.3 Å². The highest BCUT2D eigenvalue weighted by molar-refractivity contribution is 5.92. The molecule has 0 aliphatic carbocycles. The van der Waals surface area contributed by atoms with Gasteiger partial charge in [-0.05, 0) is 50.8 Å². The average Bonchev–Trinajstić information content (AvgIpc) is 2.38. The van der Waals surface area contributed by atoms with Gasteiger partial charge in [0, 0.05) is 5.69 Å². The van der Waals surface area contributed by atoms with Crippen molar-refractivity contribution >= 4 is 11.7 Å². The molecule has 1 aromatic rings. The van der Waals surface area contributed by atoms with Crippen molar-refractivity contribution in [3.8, 4) is 0 Å². The van der Waals surface area contributed by atoms with Gasteiger partial charge in [0.25, 0.3) is 0 Å². The summed E-state index contributed by atoms with van der Waals surface area (Å²) < 4.78 is 5.50. The highest BCUT2D eigenvalue weighted by Crippen LogP contribution is 2.19. The number of carbonyl (C=O) groups is 1. The Balaban J connectivity index is 2.56. The molecule has 0 radical (unpaired) electrons. The van der Waals surface area contributed by atoms with Crippen molar-refractivity contribution in [1.82, 2.24) is 0 Å². The molecular formula is C17H27NO2. The number of nitrogen functional groups attached to an aromatic ring is 1. The number of carbonyl (C=O) groups excluding carboxylic acids is 1. The van der Waals surface area contributed by atoms with E-state index in [2.05, 4.69) is 6.92 Å². The second-order valence-corrected chi connectivity index (χ2v) is 5.59. The van der Waals surface area contributed by atoms with Gasteiger partial charge in [0.15, 0.2) is 0 Å². The lowest BCUT2D eigenvalue weighted by Crippen LogP contribution is -2.16. The lowest BCUT2D eigenvalue weighted by molar-refractivity contribution is 0.0318. The van der Waals surface area contributed by atoms with Crippen LogP contribution in [0, 0.1) is 13.8 Å². The maximum absolute atomic E-state index is 12.2. The Bertz CT molecular complexity index is 455. The lowest BCUT2D eigenvalue weighted by atomic mass is 10.0. The number of nitrogens with two attached hydrogens (primary N) is 1. The average molecular weight is 277 g/mol. The van der Waals surface area contributed by atoms with Crippen molar-refractivity contribution in [3.05, 3.63) is 28.8 Å². The molecule has 0 saturated carbocycles. The molecule has 1 unspecified atom stereocenters. The predicted octanol–water partition coefficient (Wildman–Crippen LogP) is 4.40. The van der Waals surface area contributed by atoms with E-state index in [4.69, 9.17) is 10.5 Å². The Kier molecular flexibility index (Phi) is 6.56. The van der Waals surface area contributed by atoms with Crippen LogP contribution in [0.4, 0.5) is 5.69 Å². The number of aryl methyl sites for hydroxylation is 2. The first-order valence-electron chi connectivity index (χ1n) is 7.53. The second kappa shape index (κ2) is 7.93. The highest BCUT2D eigenvalue weighted by atomic mass is 16.5. The summed E-state index contributed by atoms with van der Waals surface area (Å²) in [5.41, 5.74) is 8.99. The first-order valence-corrected chi connectivity index (χ1v) is 7.53. The van der Waals surface area contributed by atoms with Gasteiger partial charge in [-0.15, -0.1) is 0 Å². The Hall–Kier alpha value is -1.51. The zero-order chi connectivity index (χ0) is 15.1. The standard InChI is InChI=1S/C17H27NO2/c1-5-6-7-8-9-14(4)20-17(19)15-11-16(18)13(3)10-12(15)2/h10-11,14H,5-9,18H2,1-4H3. The van der Waals surface area contributed by atoms with Gasteiger partial charge in [0.1, 0.15) is 0 Å². The maximum atomic E-state index is 12.2. The van der Waals surface area contributed by atoms with Crippen molar-refractivity contribution in [2.24, 2.45) is 0 Å². The molecule has 0 bridgehead atoms. The van der Waals surface area contributed by atoms with Crippen LogP contribution in [0.25, 0.3) is 0 Å². The summed E-state index contributed by atoms with van der Waals surface area (Å²) >= 11 is 0. The lowest BCUT2D eigenvalue weighted by Gasteiger charge is -2.15. The van der Waals surface area contributed by atoms with Gasteiger partial charge in [0.05, 0.1) is 11.7 Å². The summed E-state index contributed by atoms with van der Waals surface area (Å²) in [5.74, 6) is -0.266. The maximum Gasteiger partial charge on any atom is 0.338 e. The molecule has 0 aromatic heterocycles. The third-order valence-corrected chi connectivity index (χ3v) is 3.61. The van der Waals surface area contributed by atoms with Crippen LogP contribution in [-0.2, 0) is 4.74 Å². The number of anilines is 1. The van der Waals surface area contributed by atoms with E-state index in [0.29, 0.717) is 11.3 Å². The van der Waals surface area contributed by atoms with E-state index >= 15 is 0 Å². The minimum absolute atomic E-state index is 0.0405. The molecule has 3 heteroatoms. The normalized spacial score (nSPS) is 12.2. The molecule has 20 heavy (non-hydrogen) atoms. The van der Waals surface area contributed by atoms with Gasteiger partial charge in [-0.2, -0.15) is 0 Å². The summed E-state index contributed by atoms with van der Waals surface area (Å²) in [6, 6.07) is 3.65. The minimum atomic E-state index is -0.266. The first kappa shape index (κ1) is 16.5. The summed E-state index contributed by atoms with van der Waals surface area (Å²) in [6.45, 7) is 7.99. The molecule has 1 aromatic carbocycles. The summed E-state index contributed by atoms with van der Waals surface area (Å²) in [6.07, 6.45) is 5.66. The number of rotatable bonds is 7. The zero-order valence-corrected chi connectivity index (χ0v) is 13.2. The van der Waals surface area contributed by atoms with E-state index in [9.17, 15) is 4.79 Å². The number of hydrogen-bond acceptors (Lipinski definition) is 3. The quantitative estimate of drug-likeness (QED) is 0.456. The molecule has 0 heterocycles. The van der Waals surface area contributed by atoms with Gasteiger partial charge in [-0.25, -0.2) is 4.79 Å². The van der Waals surface area contributed by atoms with Crippen molar-refractivity contribution in [2.45, 2.75) is 65.9 Å². The van der Waals surface area contributed by atoms with Crippen LogP contribution < -0.4 is 5.73 Å². The van der Waals surface area contributed by atoms with E-state index in [1.807, 2.05) is 26.8 Å². The molecule has 112 valence electrons. The molecule has 1 rings (SSSR count). The largest absolute Gasteiger partial charge is 0.459 e. The van der Waals surface area contributed by atoms with Gasteiger partial charge in [-0.3, -0.25) is 0 Å². The smallest absolute Gasteiger partial charge is 0.338 e. The fourth-order valence-electron chi connectivity index (χ4n) is 2.25. The molecule has 0 amide bonds. The van der Waals surface area contributed by atoms with E-state index in [1.165, 1.54) is 19.3 Å². The SMILES string of the molecule is CCCCCCC(C)OC(=O)c1cc(N)c(C)cc1C. The number of benzene rings is 1. The predicted molar refractivity (Wildman–Crippen MR) is 84.0 cm³/mol. The van der Waals surface area contributed by atoms with E-state index in [0.717, 1.165) is 24.0 Å². The van der Waals surface area contributed by atoms with E-state index in [1.54, 1.807) is 6.07 Å². The molecule has 2 N–H and O–H groups in total. The summed E-state index contributed by atoms with van der Waals surface area (Å²) in [7, 11) is 0. The summed E-state index contributed by atoms with van der Waals surface area (Å²) in [4.78, 5) is 12.2. The van der Waals surface area contributed by atoms with Crippen molar-refractivity contribution in [1.29, 1.82) is 0 Å². The molecule has 0 fully saturated rings. The molecule has 0 spiro atoms. The second-order valence-electron chi connectivity index (χ2n) is 5.59. The number of hydrogen-bond donors (Lipinski definition) is 1. The number of esters is 1. The van der Waals surface area contributed by atoms with Gasteiger partial charge < -0.3 is 10.5 Å². The third kappa shape index (κ3) is 4.87. The fraction of sp³-hybridized carbons (Fsp3) is 0.588. The van der Waals surface area contributed by atoms with Crippen LogP contribution in [0.1, 0.15) is 67.4 Å². The molecule has 0 aliphatic heterocycles. The van der Waals surface area contributed by atoms with Gasteiger partial charge >= 0.3 is 5.97 Å². The number of unbranched alkanes of at least 4 members (excludes halogenated alkanes) is 3. The highest BCUT2D eigenvalue weighted by Gasteiger charge is 2.15. The summed E-state index contributed by atoms with van der Waals surface area (Å²) in [5, 5.41) is 0.